The lowest BCUT2D eigenvalue weighted by atomic mass is 9.84. The van der Waals surface area contributed by atoms with Crippen LogP contribution in [0.2, 0.25) is 18.1 Å². The summed E-state index contributed by atoms with van der Waals surface area (Å²) >= 11 is 1.78. The molecule has 1 amide bonds. The summed E-state index contributed by atoms with van der Waals surface area (Å²) in [5.41, 5.74) is 3.94. The average Bonchev–Trinajstić information content (AvgIpc) is 3.38. The Hall–Kier alpha value is -3.13. The molecule has 1 N–H and O–H groups in total. The van der Waals surface area contributed by atoms with Gasteiger partial charge in [-0.3, -0.25) is 9.48 Å². The standard InChI is InChI=1S/C33H39N3O2SSi/c1-32(2,3)40(5,6)36-30(38)28(29(37)27-22-23-35(4)34-27)31(36)39-33(24-16-10-7-11-17-24,25-18-12-8-13-19-25)26-20-14-9-15-21-26/h7-23,28-29,31,37H,1-6H3. The minimum Gasteiger partial charge on any atom is -0.386 e. The predicted molar refractivity (Wildman–Crippen MR) is 166 cm³/mol. The minimum atomic E-state index is -2.31. The SMILES string of the molecule is Cn1ccc(C(O)C2C(=O)N([Si](C)(C)C(C)(C)C)C2SC(c2ccccc2)(c2ccccc2)c2ccccc2)n1. The molecule has 3 atom stereocenters. The minimum absolute atomic E-state index is 0.0188. The number of hydrogen-bond acceptors (Lipinski definition) is 4. The fourth-order valence-corrected chi connectivity index (χ4v) is 10.5. The second-order valence-corrected chi connectivity index (χ2v) is 18.6. The Morgan fingerprint density at radius 3 is 1.65 bits per heavy atom. The molecule has 0 aliphatic carbocycles. The molecule has 7 heteroatoms. The smallest absolute Gasteiger partial charge is 0.224 e. The van der Waals surface area contributed by atoms with E-state index in [0.29, 0.717) is 5.69 Å². The van der Waals surface area contributed by atoms with Gasteiger partial charge >= 0.3 is 0 Å². The number of rotatable bonds is 8. The van der Waals surface area contributed by atoms with Gasteiger partial charge in [0.05, 0.1) is 21.7 Å². The number of thioether (sulfide) groups is 1. The first-order valence-electron chi connectivity index (χ1n) is 13.8. The van der Waals surface area contributed by atoms with Gasteiger partial charge in [0.1, 0.15) is 6.10 Å². The molecule has 0 radical (unpaired) electrons. The summed E-state index contributed by atoms with van der Waals surface area (Å²) in [5.74, 6) is -0.588. The lowest BCUT2D eigenvalue weighted by Gasteiger charge is -2.60. The quantitative estimate of drug-likeness (QED) is 0.141. The Morgan fingerprint density at radius 1 is 0.825 bits per heavy atom. The summed E-state index contributed by atoms with van der Waals surface area (Å²) in [6.45, 7) is 11.2. The molecule has 5 rings (SSSR count). The van der Waals surface area contributed by atoms with Crippen molar-refractivity contribution in [2.45, 2.75) is 55.1 Å². The fourth-order valence-electron chi connectivity index (χ4n) is 5.54. The van der Waals surface area contributed by atoms with E-state index < -0.39 is 25.0 Å². The summed E-state index contributed by atoms with van der Waals surface area (Å²) in [6.07, 6.45) is 0.824. The van der Waals surface area contributed by atoms with Gasteiger partial charge in [0, 0.05) is 13.2 Å². The maximum absolute atomic E-state index is 14.1. The van der Waals surface area contributed by atoms with Crippen LogP contribution in [-0.2, 0) is 16.6 Å². The highest BCUT2D eigenvalue weighted by molar-refractivity contribution is 8.01. The molecule has 1 aromatic heterocycles. The molecular formula is C33H39N3O2SSi. The Labute approximate surface area is 243 Å². The fraction of sp³-hybridized carbons (Fsp3) is 0.333. The molecule has 3 unspecified atom stereocenters. The molecule has 0 bridgehead atoms. The number of hydrogen-bond donors (Lipinski definition) is 1. The number of carbonyl (C=O) groups excluding carboxylic acids is 1. The van der Waals surface area contributed by atoms with E-state index in [2.05, 4.69) is 116 Å². The molecule has 4 aromatic rings. The van der Waals surface area contributed by atoms with Gasteiger partial charge in [-0.1, -0.05) is 125 Å². The number of aliphatic hydroxyl groups excluding tert-OH is 1. The molecule has 0 saturated carbocycles. The van der Waals surface area contributed by atoms with Crippen molar-refractivity contribution in [3.8, 4) is 0 Å². The Bertz CT molecular complexity index is 1350. The summed E-state index contributed by atoms with van der Waals surface area (Å²) < 4.78 is 3.22. The monoisotopic (exact) mass is 569 g/mol. The molecular weight excluding hydrogens is 531 g/mol. The third-order valence-corrected chi connectivity index (χ3v) is 16.1. The van der Waals surface area contributed by atoms with Crippen LogP contribution in [0.25, 0.3) is 0 Å². The maximum atomic E-state index is 14.1. The number of carbonyl (C=O) groups is 1. The zero-order chi connectivity index (χ0) is 28.7. The maximum Gasteiger partial charge on any atom is 0.224 e. The Balaban J connectivity index is 1.72. The van der Waals surface area contributed by atoms with Gasteiger partial charge in [0.15, 0.2) is 8.24 Å². The van der Waals surface area contributed by atoms with E-state index in [0.717, 1.165) is 16.7 Å². The molecule has 40 heavy (non-hydrogen) atoms. The third kappa shape index (κ3) is 4.74. The molecule has 0 spiro atoms. The van der Waals surface area contributed by atoms with Crippen LogP contribution in [0, 0.1) is 5.92 Å². The van der Waals surface area contributed by atoms with E-state index in [9.17, 15) is 9.90 Å². The number of amides is 1. The molecule has 1 fully saturated rings. The second kappa shape index (κ2) is 10.7. The topological polar surface area (TPSA) is 58.4 Å². The average molecular weight is 570 g/mol. The van der Waals surface area contributed by atoms with Gasteiger partial charge in [-0.05, 0) is 27.8 Å². The van der Waals surface area contributed by atoms with Crippen LogP contribution in [-0.4, -0.2) is 39.0 Å². The molecule has 1 saturated heterocycles. The highest BCUT2D eigenvalue weighted by Crippen LogP contribution is 2.58. The van der Waals surface area contributed by atoms with Crippen molar-refractivity contribution in [1.82, 2.24) is 14.3 Å². The van der Waals surface area contributed by atoms with E-state index in [4.69, 9.17) is 0 Å². The van der Waals surface area contributed by atoms with Crippen molar-refractivity contribution in [1.29, 1.82) is 0 Å². The summed E-state index contributed by atoms with van der Waals surface area (Å²) in [4.78, 5) is 14.1. The summed E-state index contributed by atoms with van der Waals surface area (Å²) in [6, 6.07) is 33.4. The van der Waals surface area contributed by atoms with Gasteiger partial charge in [0.2, 0.25) is 5.91 Å². The highest BCUT2D eigenvalue weighted by Gasteiger charge is 2.62. The van der Waals surface area contributed by atoms with Gasteiger partial charge in [-0.2, -0.15) is 5.10 Å². The van der Waals surface area contributed by atoms with Gasteiger partial charge in [0.25, 0.3) is 0 Å². The third-order valence-electron chi connectivity index (χ3n) is 8.74. The molecule has 1 aliphatic rings. The molecule has 5 nitrogen and oxygen atoms in total. The lowest BCUT2D eigenvalue weighted by Crippen LogP contribution is -2.73. The van der Waals surface area contributed by atoms with Crippen molar-refractivity contribution in [2.75, 3.05) is 0 Å². The molecule has 3 aromatic carbocycles. The first-order chi connectivity index (χ1) is 19.0. The van der Waals surface area contributed by atoms with Gasteiger partial charge < -0.3 is 9.67 Å². The number of benzene rings is 3. The Kier molecular flexibility index (Phi) is 7.59. The second-order valence-electron chi connectivity index (χ2n) is 12.2. The number of β-lactam (4-membered cyclic amide) rings is 1. The normalized spacial score (nSPS) is 18.9. The van der Waals surface area contributed by atoms with Crippen molar-refractivity contribution >= 4 is 25.9 Å². The number of aliphatic hydroxyl groups is 1. The summed E-state index contributed by atoms with van der Waals surface area (Å²) in [5, 5.41) is 15.8. The number of nitrogens with zero attached hydrogens (tertiary/aromatic N) is 3. The van der Waals surface area contributed by atoms with Crippen molar-refractivity contribution in [3.63, 3.8) is 0 Å². The zero-order valence-corrected chi connectivity index (χ0v) is 26.0. The lowest BCUT2D eigenvalue weighted by molar-refractivity contribution is -0.150. The predicted octanol–water partition coefficient (Wildman–Crippen LogP) is 6.97. The van der Waals surface area contributed by atoms with Crippen LogP contribution < -0.4 is 0 Å². The van der Waals surface area contributed by atoms with Crippen LogP contribution in [0.5, 0.6) is 0 Å². The van der Waals surface area contributed by atoms with E-state index in [1.807, 2.05) is 37.5 Å². The van der Waals surface area contributed by atoms with Crippen molar-refractivity contribution in [3.05, 3.63) is 126 Å². The molecule has 2 heterocycles. The van der Waals surface area contributed by atoms with E-state index in [1.165, 1.54) is 0 Å². The van der Waals surface area contributed by atoms with Crippen LogP contribution in [0.3, 0.4) is 0 Å². The number of aryl methyl sites for hydroxylation is 1. The zero-order valence-electron chi connectivity index (χ0n) is 24.2. The number of aromatic nitrogens is 2. The van der Waals surface area contributed by atoms with Crippen molar-refractivity contribution in [2.24, 2.45) is 13.0 Å². The van der Waals surface area contributed by atoms with E-state index in [1.54, 1.807) is 16.4 Å². The molecule has 1 aliphatic heterocycles. The van der Waals surface area contributed by atoms with Crippen LogP contribution in [0.15, 0.2) is 103 Å². The largest absolute Gasteiger partial charge is 0.386 e. The van der Waals surface area contributed by atoms with Crippen molar-refractivity contribution < 1.29 is 9.90 Å². The van der Waals surface area contributed by atoms with Crippen LogP contribution >= 0.6 is 11.8 Å². The van der Waals surface area contributed by atoms with Gasteiger partial charge in [-0.25, -0.2) is 0 Å². The Morgan fingerprint density at radius 2 is 1.27 bits per heavy atom. The van der Waals surface area contributed by atoms with E-state index >= 15 is 0 Å². The highest BCUT2D eigenvalue weighted by atomic mass is 32.2. The molecule has 208 valence electrons. The first-order valence-corrected chi connectivity index (χ1v) is 17.7. The van der Waals surface area contributed by atoms with Crippen LogP contribution in [0.4, 0.5) is 0 Å². The first kappa shape index (κ1) is 28.4. The van der Waals surface area contributed by atoms with Crippen LogP contribution in [0.1, 0.15) is 49.3 Å². The van der Waals surface area contributed by atoms with Gasteiger partial charge in [-0.15, -0.1) is 11.8 Å². The summed E-state index contributed by atoms with van der Waals surface area (Å²) in [7, 11) is -0.476. The van der Waals surface area contributed by atoms with E-state index in [-0.39, 0.29) is 16.3 Å².